The van der Waals surface area contributed by atoms with Crippen LogP contribution in [0, 0.1) is 0 Å². The van der Waals surface area contributed by atoms with Gasteiger partial charge in [-0.3, -0.25) is 0 Å². The van der Waals surface area contributed by atoms with E-state index in [1.54, 1.807) is 12.1 Å². The van der Waals surface area contributed by atoms with Crippen molar-refractivity contribution in [1.29, 1.82) is 0 Å². The Labute approximate surface area is 129 Å². The van der Waals surface area contributed by atoms with Crippen molar-refractivity contribution in [2.75, 3.05) is 11.5 Å². The summed E-state index contributed by atoms with van der Waals surface area (Å²) in [7, 11) is 0. The summed E-state index contributed by atoms with van der Waals surface area (Å²) in [5.74, 6) is 0.509. The molecule has 22 heavy (non-hydrogen) atoms. The fourth-order valence-corrected chi connectivity index (χ4v) is 2.40. The van der Waals surface area contributed by atoms with Gasteiger partial charge in [-0.15, -0.1) is 0 Å². The number of para-hydroxylation sites is 2. The van der Waals surface area contributed by atoms with E-state index in [1.807, 2.05) is 61.5 Å². The molecular formula is C18H17NO3. The molecule has 1 unspecified atom stereocenters. The largest absolute Gasteiger partial charge is 0.422 e. The first-order valence-corrected chi connectivity index (χ1v) is 7.24. The summed E-state index contributed by atoms with van der Waals surface area (Å²) in [4.78, 5) is 14.1. The molecule has 1 aliphatic heterocycles. The van der Waals surface area contributed by atoms with Crippen LogP contribution in [-0.2, 0) is 4.74 Å². The lowest BCUT2D eigenvalue weighted by atomic mass is 10.1. The third kappa shape index (κ3) is 2.87. The van der Waals surface area contributed by atoms with Gasteiger partial charge < -0.3 is 9.47 Å². The van der Waals surface area contributed by atoms with Crippen LogP contribution in [0.4, 0.5) is 10.5 Å². The molecule has 4 nitrogen and oxygen atoms in total. The topological polar surface area (TPSA) is 38.8 Å². The number of rotatable bonds is 3. The number of benzene rings is 2. The van der Waals surface area contributed by atoms with E-state index in [0.717, 1.165) is 11.3 Å². The number of fused-ring (bicyclic) bond motifs is 1. The normalized spacial score (nSPS) is 16.2. The van der Waals surface area contributed by atoms with Gasteiger partial charge in [0.2, 0.25) is 0 Å². The Morgan fingerprint density at radius 2 is 1.82 bits per heavy atom. The predicted octanol–water partition coefficient (Wildman–Crippen LogP) is 4.08. The van der Waals surface area contributed by atoms with Crippen LogP contribution >= 0.6 is 0 Å². The molecule has 0 aromatic heterocycles. The van der Waals surface area contributed by atoms with E-state index in [0.29, 0.717) is 12.4 Å². The van der Waals surface area contributed by atoms with Crippen molar-refractivity contribution in [3.8, 4) is 5.75 Å². The lowest BCUT2D eigenvalue weighted by Crippen LogP contribution is -2.44. The van der Waals surface area contributed by atoms with E-state index >= 15 is 0 Å². The van der Waals surface area contributed by atoms with Crippen molar-refractivity contribution in [2.45, 2.75) is 13.2 Å². The number of amides is 1. The number of ether oxygens (including phenoxy) is 2. The Balaban J connectivity index is 1.90. The third-order valence-corrected chi connectivity index (χ3v) is 3.37. The smallest absolute Gasteiger partial charge is 0.410 e. The average molecular weight is 295 g/mol. The van der Waals surface area contributed by atoms with E-state index in [4.69, 9.17) is 9.47 Å². The van der Waals surface area contributed by atoms with Crippen LogP contribution in [0.3, 0.4) is 0 Å². The maximum Gasteiger partial charge on any atom is 0.422 e. The van der Waals surface area contributed by atoms with Crippen LogP contribution < -0.4 is 9.64 Å². The van der Waals surface area contributed by atoms with Crippen LogP contribution in [0.2, 0.25) is 0 Å². The SMILES string of the molecule is CCOC1C=Cc2ccccc2N1C(=O)Oc1ccccc1. The molecule has 1 aliphatic rings. The number of carbonyl (C=O) groups excluding carboxylic acids is 1. The van der Waals surface area contributed by atoms with E-state index in [9.17, 15) is 4.79 Å². The van der Waals surface area contributed by atoms with E-state index < -0.39 is 12.3 Å². The first-order chi connectivity index (χ1) is 10.8. The molecule has 112 valence electrons. The number of hydrogen-bond acceptors (Lipinski definition) is 3. The second-order valence-corrected chi connectivity index (χ2v) is 4.81. The quantitative estimate of drug-likeness (QED) is 0.856. The molecule has 4 heteroatoms. The summed E-state index contributed by atoms with van der Waals surface area (Å²) in [6, 6.07) is 16.7. The molecule has 0 fully saturated rings. The maximum atomic E-state index is 12.6. The third-order valence-electron chi connectivity index (χ3n) is 3.37. The van der Waals surface area contributed by atoms with Gasteiger partial charge in [0, 0.05) is 6.61 Å². The molecule has 0 radical (unpaired) electrons. The molecule has 1 amide bonds. The summed E-state index contributed by atoms with van der Waals surface area (Å²) in [5, 5.41) is 0. The van der Waals surface area contributed by atoms with Gasteiger partial charge in [-0.05, 0) is 36.8 Å². The predicted molar refractivity (Wildman–Crippen MR) is 85.8 cm³/mol. The number of anilines is 1. The van der Waals surface area contributed by atoms with Gasteiger partial charge in [0.05, 0.1) is 5.69 Å². The number of carbonyl (C=O) groups is 1. The number of nitrogens with zero attached hydrogens (tertiary/aromatic N) is 1. The van der Waals surface area contributed by atoms with Crippen molar-refractivity contribution in [2.24, 2.45) is 0 Å². The lowest BCUT2D eigenvalue weighted by Gasteiger charge is -2.32. The molecule has 0 N–H and O–H groups in total. The monoisotopic (exact) mass is 295 g/mol. The molecule has 0 bridgehead atoms. The molecule has 0 saturated carbocycles. The fraction of sp³-hybridized carbons (Fsp3) is 0.167. The standard InChI is InChI=1S/C18H17NO3/c1-2-21-17-13-12-14-8-6-7-11-16(14)19(17)18(20)22-15-9-4-3-5-10-15/h3-13,17H,2H2,1H3. The van der Waals surface area contributed by atoms with E-state index in [-0.39, 0.29) is 0 Å². The molecule has 1 heterocycles. The Morgan fingerprint density at radius 1 is 1.09 bits per heavy atom. The minimum absolute atomic E-state index is 0.457. The van der Waals surface area contributed by atoms with Crippen molar-refractivity contribution in [3.05, 3.63) is 66.2 Å². The van der Waals surface area contributed by atoms with Crippen molar-refractivity contribution in [1.82, 2.24) is 0 Å². The number of hydrogen-bond donors (Lipinski definition) is 0. The Bertz CT molecular complexity index is 682. The first-order valence-electron chi connectivity index (χ1n) is 7.24. The average Bonchev–Trinajstić information content (AvgIpc) is 2.55. The van der Waals surface area contributed by atoms with Gasteiger partial charge >= 0.3 is 6.09 Å². The Hall–Kier alpha value is -2.59. The van der Waals surface area contributed by atoms with Crippen molar-refractivity contribution >= 4 is 17.9 Å². The minimum atomic E-state index is -0.462. The van der Waals surface area contributed by atoms with Gasteiger partial charge in [-0.1, -0.05) is 42.5 Å². The zero-order valence-corrected chi connectivity index (χ0v) is 12.3. The molecule has 3 rings (SSSR count). The first kappa shape index (κ1) is 14.4. The van der Waals surface area contributed by atoms with Crippen LogP contribution in [0.5, 0.6) is 5.75 Å². The summed E-state index contributed by atoms with van der Waals surface area (Å²) in [5.41, 5.74) is 1.74. The molecule has 0 aliphatic carbocycles. The fourth-order valence-electron chi connectivity index (χ4n) is 2.40. The van der Waals surface area contributed by atoms with Gasteiger partial charge in [0.25, 0.3) is 0 Å². The summed E-state index contributed by atoms with van der Waals surface area (Å²) < 4.78 is 11.1. The van der Waals surface area contributed by atoms with Gasteiger partial charge in [-0.25, -0.2) is 9.69 Å². The van der Waals surface area contributed by atoms with E-state index in [2.05, 4.69) is 0 Å². The summed E-state index contributed by atoms with van der Waals surface area (Å²) >= 11 is 0. The van der Waals surface area contributed by atoms with Crippen LogP contribution in [0.1, 0.15) is 12.5 Å². The zero-order chi connectivity index (χ0) is 15.4. The van der Waals surface area contributed by atoms with Gasteiger partial charge in [0.15, 0.2) is 6.23 Å². The van der Waals surface area contributed by atoms with Gasteiger partial charge in [-0.2, -0.15) is 0 Å². The Kier molecular flexibility index (Phi) is 4.21. The second-order valence-electron chi connectivity index (χ2n) is 4.81. The molecule has 0 saturated heterocycles. The molecule has 2 aromatic carbocycles. The van der Waals surface area contributed by atoms with E-state index in [1.165, 1.54) is 4.90 Å². The van der Waals surface area contributed by atoms with Crippen LogP contribution in [-0.4, -0.2) is 18.9 Å². The zero-order valence-electron chi connectivity index (χ0n) is 12.3. The molecule has 1 atom stereocenters. The summed E-state index contributed by atoms with van der Waals surface area (Å²) in [6.07, 6.45) is 2.90. The molecular weight excluding hydrogens is 278 g/mol. The molecule has 2 aromatic rings. The van der Waals surface area contributed by atoms with Gasteiger partial charge in [0.1, 0.15) is 5.75 Å². The minimum Gasteiger partial charge on any atom is -0.410 e. The van der Waals surface area contributed by atoms with Crippen LogP contribution in [0.25, 0.3) is 6.08 Å². The maximum absolute atomic E-state index is 12.6. The highest BCUT2D eigenvalue weighted by atomic mass is 16.6. The highest BCUT2D eigenvalue weighted by molar-refractivity contribution is 5.94. The van der Waals surface area contributed by atoms with Crippen molar-refractivity contribution < 1.29 is 14.3 Å². The highest BCUT2D eigenvalue weighted by Gasteiger charge is 2.29. The summed E-state index contributed by atoms with van der Waals surface area (Å²) in [6.45, 7) is 2.40. The Morgan fingerprint density at radius 3 is 2.59 bits per heavy atom. The second kappa shape index (κ2) is 6.45. The highest BCUT2D eigenvalue weighted by Crippen LogP contribution is 2.30. The van der Waals surface area contributed by atoms with Crippen molar-refractivity contribution in [3.63, 3.8) is 0 Å². The van der Waals surface area contributed by atoms with Crippen LogP contribution in [0.15, 0.2) is 60.7 Å². The molecule has 0 spiro atoms. The lowest BCUT2D eigenvalue weighted by molar-refractivity contribution is 0.0912.